The molecule has 0 bridgehead atoms. The van der Waals surface area contributed by atoms with Crippen molar-refractivity contribution in [2.75, 3.05) is 7.11 Å². The van der Waals surface area contributed by atoms with Gasteiger partial charge >= 0.3 is 5.69 Å². The van der Waals surface area contributed by atoms with Gasteiger partial charge in [-0.05, 0) is 30.7 Å². The number of aromatic amines is 1. The average Bonchev–Trinajstić information content (AvgIpc) is 2.28. The third kappa shape index (κ3) is 2.31. The molecule has 0 unspecified atom stereocenters. The van der Waals surface area contributed by atoms with Crippen LogP contribution in [0.1, 0.15) is 5.56 Å². The molecule has 0 radical (unpaired) electrons. The molecule has 2 aromatic rings. The van der Waals surface area contributed by atoms with E-state index in [4.69, 9.17) is 16.3 Å². The Labute approximate surface area is 103 Å². The number of nitrogens with zero attached hydrogens (tertiary/aromatic N) is 1. The van der Waals surface area contributed by atoms with Crippen LogP contribution in [0.15, 0.2) is 29.2 Å². The van der Waals surface area contributed by atoms with E-state index in [9.17, 15) is 4.79 Å². The minimum atomic E-state index is -0.401. The zero-order valence-corrected chi connectivity index (χ0v) is 10.2. The molecule has 1 aromatic carbocycles. The van der Waals surface area contributed by atoms with Crippen LogP contribution in [0.2, 0.25) is 5.02 Å². The quantitative estimate of drug-likeness (QED) is 0.891. The van der Waals surface area contributed by atoms with Crippen molar-refractivity contribution in [3.8, 4) is 17.0 Å². The van der Waals surface area contributed by atoms with Crippen molar-refractivity contribution in [2.45, 2.75) is 6.92 Å². The minimum absolute atomic E-state index is 0.401. The van der Waals surface area contributed by atoms with Gasteiger partial charge in [0.05, 0.1) is 12.8 Å². The largest absolute Gasteiger partial charge is 0.496 e. The Balaban J connectivity index is 2.70. The molecule has 2 rings (SSSR count). The molecule has 17 heavy (non-hydrogen) atoms. The van der Waals surface area contributed by atoms with Crippen LogP contribution in [0.3, 0.4) is 0 Å². The highest BCUT2D eigenvalue weighted by atomic mass is 35.5. The number of H-pyrrole nitrogens is 1. The van der Waals surface area contributed by atoms with Gasteiger partial charge < -0.3 is 9.72 Å². The van der Waals surface area contributed by atoms with Crippen LogP contribution in [0.4, 0.5) is 0 Å². The molecule has 0 spiro atoms. The zero-order chi connectivity index (χ0) is 12.4. The molecule has 0 amide bonds. The van der Waals surface area contributed by atoms with E-state index >= 15 is 0 Å². The highest BCUT2D eigenvalue weighted by molar-refractivity contribution is 6.31. The molecule has 0 aliphatic rings. The van der Waals surface area contributed by atoms with Gasteiger partial charge in [-0.15, -0.1) is 0 Å². The summed E-state index contributed by atoms with van der Waals surface area (Å²) in [4.78, 5) is 17.4. The van der Waals surface area contributed by atoms with Gasteiger partial charge in [0.15, 0.2) is 0 Å². The first-order valence-electron chi connectivity index (χ1n) is 5.01. The zero-order valence-electron chi connectivity index (χ0n) is 9.45. The first kappa shape index (κ1) is 11.7. The van der Waals surface area contributed by atoms with Gasteiger partial charge in [-0.25, -0.2) is 9.78 Å². The lowest BCUT2D eigenvalue weighted by Gasteiger charge is -2.11. The van der Waals surface area contributed by atoms with E-state index in [0.717, 1.165) is 11.1 Å². The molecule has 1 heterocycles. The maximum atomic E-state index is 11.2. The number of rotatable bonds is 2. The lowest BCUT2D eigenvalue weighted by Crippen LogP contribution is -2.09. The number of aromatic nitrogens is 2. The summed E-state index contributed by atoms with van der Waals surface area (Å²) in [6.45, 7) is 1.90. The highest BCUT2D eigenvalue weighted by Crippen LogP contribution is 2.34. The smallest absolute Gasteiger partial charge is 0.345 e. The molecular formula is C12H11ClN2O2. The molecule has 4 nitrogen and oxygen atoms in total. The van der Waals surface area contributed by atoms with Crippen LogP contribution in [-0.2, 0) is 0 Å². The van der Waals surface area contributed by atoms with E-state index in [2.05, 4.69) is 9.97 Å². The summed E-state index contributed by atoms with van der Waals surface area (Å²) in [5, 5.41) is 0.593. The lowest BCUT2D eigenvalue weighted by molar-refractivity contribution is 0.413. The predicted molar refractivity (Wildman–Crippen MR) is 66.6 cm³/mol. The van der Waals surface area contributed by atoms with Gasteiger partial charge in [0.2, 0.25) is 0 Å². The molecule has 0 fully saturated rings. The molecule has 0 aliphatic heterocycles. The van der Waals surface area contributed by atoms with Crippen molar-refractivity contribution in [1.82, 2.24) is 9.97 Å². The molecular weight excluding hydrogens is 240 g/mol. The molecule has 5 heteroatoms. The van der Waals surface area contributed by atoms with Crippen LogP contribution in [0, 0.1) is 6.92 Å². The summed E-state index contributed by atoms with van der Waals surface area (Å²) in [5.41, 5.74) is 1.89. The third-order valence-corrected chi connectivity index (χ3v) is 2.63. The second-order valence-corrected chi connectivity index (χ2v) is 4.03. The lowest BCUT2D eigenvalue weighted by atomic mass is 10.1. The Morgan fingerprint density at radius 2 is 2.18 bits per heavy atom. The topological polar surface area (TPSA) is 55.0 Å². The van der Waals surface area contributed by atoms with Gasteiger partial charge in [-0.1, -0.05) is 11.6 Å². The van der Waals surface area contributed by atoms with Crippen LogP contribution >= 0.6 is 11.6 Å². The van der Waals surface area contributed by atoms with E-state index in [1.165, 1.54) is 6.20 Å². The normalized spacial score (nSPS) is 10.3. The number of halogens is 1. The third-order valence-electron chi connectivity index (χ3n) is 2.41. The monoisotopic (exact) mass is 250 g/mol. The first-order valence-corrected chi connectivity index (χ1v) is 5.39. The van der Waals surface area contributed by atoms with Crippen molar-refractivity contribution >= 4 is 11.6 Å². The van der Waals surface area contributed by atoms with Gasteiger partial charge in [0.1, 0.15) is 5.75 Å². The first-order chi connectivity index (χ1) is 8.11. The molecule has 0 saturated carbocycles. The van der Waals surface area contributed by atoms with E-state index in [1.54, 1.807) is 19.2 Å². The SMILES string of the molecule is COc1c(C)cc(Cl)cc1-c1ccnc(=O)[nH]1. The number of hydrogen-bond acceptors (Lipinski definition) is 3. The Hall–Kier alpha value is -1.81. The van der Waals surface area contributed by atoms with Crippen molar-refractivity contribution in [3.05, 3.63) is 45.5 Å². The summed E-state index contributed by atoms with van der Waals surface area (Å²) in [5.74, 6) is 0.691. The number of ether oxygens (including phenoxy) is 1. The summed E-state index contributed by atoms with van der Waals surface area (Å²) >= 11 is 6.01. The van der Waals surface area contributed by atoms with Crippen molar-refractivity contribution in [3.63, 3.8) is 0 Å². The predicted octanol–water partition coefficient (Wildman–Crippen LogP) is 2.41. The highest BCUT2D eigenvalue weighted by Gasteiger charge is 2.11. The average molecular weight is 251 g/mol. The van der Waals surface area contributed by atoms with Crippen LogP contribution in [-0.4, -0.2) is 17.1 Å². The van der Waals surface area contributed by atoms with E-state index in [-0.39, 0.29) is 0 Å². The number of methoxy groups -OCH3 is 1. The summed E-state index contributed by atoms with van der Waals surface area (Å²) in [6.07, 6.45) is 1.45. The summed E-state index contributed by atoms with van der Waals surface area (Å²) in [6, 6.07) is 5.26. The van der Waals surface area contributed by atoms with Crippen molar-refractivity contribution < 1.29 is 4.74 Å². The fourth-order valence-electron chi connectivity index (χ4n) is 1.73. The standard InChI is InChI=1S/C12H11ClN2O2/c1-7-5-8(13)6-9(11(7)17-2)10-3-4-14-12(16)15-10/h3-6H,1-2H3,(H,14,15,16). The summed E-state index contributed by atoms with van der Waals surface area (Å²) < 4.78 is 5.32. The fourth-order valence-corrected chi connectivity index (χ4v) is 2.00. The number of nitrogens with one attached hydrogen (secondary N) is 1. The van der Waals surface area contributed by atoms with Crippen LogP contribution in [0.5, 0.6) is 5.75 Å². The summed E-state index contributed by atoms with van der Waals surface area (Å²) in [7, 11) is 1.58. The second-order valence-electron chi connectivity index (χ2n) is 3.59. The molecule has 0 aliphatic carbocycles. The second kappa shape index (κ2) is 4.59. The Kier molecular flexibility index (Phi) is 3.15. The molecule has 1 aromatic heterocycles. The molecule has 0 saturated heterocycles. The van der Waals surface area contributed by atoms with Gasteiger partial charge in [-0.3, -0.25) is 0 Å². The number of benzene rings is 1. The maximum absolute atomic E-state index is 11.2. The van der Waals surface area contributed by atoms with E-state index < -0.39 is 5.69 Å². The minimum Gasteiger partial charge on any atom is -0.496 e. The van der Waals surface area contributed by atoms with Crippen molar-refractivity contribution in [1.29, 1.82) is 0 Å². The number of hydrogen-bond donors (Lipinski definition) is 1. The molecule has 1 N–H and O–H groups in total. The fraction of sp³-hybridized carbons (Fsp3) is 0.167. The van der Waals surface area contributed by atoms with E-state index in [0.29, 0.717) is 16.5 Å². The Morgan fingerprint density at radius 1 is 1.41 bits per heavy atom. The number of aryl methyl sites for hydroxylation is 1. The van der Waals surface area contributed by atoms with Gasteiger partial charge in [0.25, 0.3) is 0 Å². The Bertz CT molecular complexity index is 608. The van der Waals surface area contributed by atoms with Crippen LogP contribution < -0.4 is 10.4 Å². The van der Waals surface area contributed by atoms with Gasteiger partial charge in [-0.2, -0.15) is 0 Å². The molecule has 88 valence electrons. The van der Waals surface area contributed by atoms with Crippen molar-refractivity contribution in [2.24, 2.45) is 0 Å². The van der Waals surface area contributed by atoms with E-state index in [1.807, 2.05) is 13.0 Å². The maximum Gasteiger partial charge on any atom is 0.345 e. The molecule has 0 atom stereocenters. The Morgan fingerprint density at radius 3 is 2.82 bits per heavy atom. The van der Waals surface area contributed by atoms with Crippen LogP contribution in [0.25, 0.3) is 11.3 Å². The van der Waals surface area contributed by atoms with Gasteiger partial charge in [0, 0.05) is 16.8 Å².